The van der Waals surface area contributed by atoms with E-state index in [4.69, 9.17) is 0 Å². The molecule has 0 atom stereocenters. The van der Waals surface area contributed by atoms with E-state index < -0.39 is 11.7 Å². The van der Waals surface area contributed by atoms with Crippen molar-refractivity contribution >= 4 is 34.2 Å². The summed E-state index contributed by atoms with van der Waals surface area (Å²) in [5.41, 5.74) is 0.690. The Bertz CT molecular complexity index is 601. The average Bonchev–Trinajstić information content (AvgIpc) is 2.32. The van der Waals surface area contributed by atoms with Gasteiger partial charge in [0.2, 0.25) is 0 Å². The van der Waals surface area contributed by atoms with E-state index in [1.54, 1.807) is 18.2 Å². The molecular weight excluding hydrogens is 348 g/mol. The van der Waals surface area contributed by atoms with Crippen LogP contribution in [0.5, 0.6) is 5.75 Å². The lowest BCUT2D eigenvalue weighted by Crippen LogP contribution is -2.11. The summed E-state index contributed by atoms with van der Waals surface area (Å²) in [6.45, 7) is 0. The van der Waals surface area contributed by atoms with Gasteiger partial charge in [-0.15, -0.1) is 0 Å². The van der Waals surface area contributed by atoms with Crippen molar-refractivity contribution in [1.82, 2.24) is 0 Å². The molecule has 0 aliphatic rings. The maximum absolute atomic E-state index is 12.9. The Morgan fingerprint density at radius 3 is 2.67 bits per heavy atom. The molecule has 2 aromatic rings. The molecule has 5 heteroatoms. The van der Waals surface area contributed by atoms with Crippen LogP contribution in [0.1, 0.15) is 10.4 Å². The molecule has 0 saturated carbocycles. The largest absolute Gasteiger partial charge is 0.507 e. The van der Waals surface area contributed by atoms with Crippen molar-refractivity contribution in [3.63, 3.8) is 0 Å². The van der Waals surface area contributed by atoms with Gasteiger partial charge in [0.05, 0.1) is 3.57 Å². The summed E-state index contributed by atoms with van der Waals surface area (Å²) in [7, 11) is 0. The number of rotatable bonds is 2. The number of phenolic OH excluding ortho intramolecular Hbond substituents is 1. The molecular formula is C13H9FINO2. The number of halogens is 2. The third kappa shape index (κ3) is 2.98. The summed E-state index contributed by atoms with van der Waals surface area (Å²) in [6, 6.07) is 10.2. The molecule has 0 spiro atoms. The maximum Gasteiger partial charge on any atom is 0.255 e. The minimum absolute atomic E-state index is 0.0440. The Kier molecular flexibility index (Phi) is 3.81. The standard InChI is InChI=1S/C13H9FINO2/c14-9-2-1-3-10(7-9)16-13(18)8-4-5-11(15)12(17)6-8/h1-7,17H,(H,16,18). The molecule has 0 unspecified atom stereocenters. The third-order valence-electron chi connectivity index (χ3n) is 2.29. The number of carbonyl (C=O) groups is 1. The first-order chi connectivity index (χ1) is 8.56. The van der Waals surface area contributed by atoms with E-state index in [0.29, 0.717) is 14.8 Å². The SMILES string of the molecule is O=C(Nc1cccc(F)c1)c1ccc(I)c(O)c1. The van der Waals surface area contributed by atoms with Crippen LogP contribution in [-0.2, 0) is 0 Å². The number of anilines is 1. The fourth-order valence-corrected chi connectivity index (χ4v) is 1.76. The van der Waals surface area contributed by atoms with Crippen molar-refractivity contribution in [3.8, 4) is 5.75 Å². The highest BCUT2D eigenvalue weighted by Crippen LogP contribution is 2.21. The molecule has 0 aromatic heterocycles. The van der Waals surface area contributed by atoms with Crippen molar-refractivity contribution in [1.29, 1.82) is 0 Å². The van der Waals surface area contributed by atoms with Crippen molar-refractivity contribution in [2.75, 3.05) is 5.32 Å². The van der Waals surface area contributed by atoms with Crippen LogP contribution in [0.3, 0.4) is 0 Å². The summed E-state index contributed by atoms with van der Waals surface area (Å²) in [4.78, 5) is 11.8. The monoisotopic (exact) mass is 357 g/mol. The molecule has 1 amide bonds. The van der Waals surface area contributed by atoms with Crippen LogP contribution >= 0.6 is 22.6 Å². The molecule has 0 fully saturated rings. The maximum atomic E-state index is 12.9. The first-order valence-corrected chi connectivity index (χ1v) is 6.19. The smallest absolute Gasteiger partial charge is 0.255 e. The van der Waals surface area contributed by atoms with Crippen molar-refractivity contribution in [2.24, 2.45) is 0 Å². The zero-order chi connectivity index (χ0) is 13.1. The number of hydrogen-bond acceptors (Lipinski definition) is 2. The molecule has 0 radical (unpaired) electrons. The Morgan fingerprint density at radius 2 is 2.00 bits per heavy atom. The molecule has 3 nitrogen and oxygen atoms in total. The molecule has 0 heterocycles. The van der Waals surface area contributed by atoms with Crippen molar-refractivity contribution in [2.45, 2.75) is 0 Å². The molecule has 2 rings (SSSR count). The van der Waals surface area contributed by atoms with Crippen molar-refractivity contribution < 1.29 is 14.3 Å². The number of nitrogens with one attached hydrogen (secondary N) is 1. The summed E-state index contributed by atoms with van der Waals surface area (Å²) < 4.78 is 13.6. The van der Waals surface area contributed by atoms with Gasteiger partial charge in [0.15, 0.2) is 0 Å². The number of phenols is 1. The average molecular weight is 357 g/mol. The second kappa shape index (κ2) is 5.34. The fourth-order valence-electron chi connectivity index (χ4n) is 1.42. The summed E-state index contributed by atoms with van der Waals surface area (Å²) >= 11 is 1.96. The van der Waals surface area contributed by atoms with Crippen LogP contribution in [0.25, 0.3) is 0 Å². The lowest BCUT2D eigenvalue weighted by Gasteiger charge is -2.06. The van der Waals surface area contributed by atoms with E-state index in [2.05, 4.69) is 5.32 Å². The molecule has 0 aliphatic heterocycles. The van der Waals surface area contributed by atoms with Gasteiger partial charge in [0.1, 0.15) is 11.6 Å². The molecule has 0 saturated heterocycles. The van der Waals surface area contributed by atoms with Gasteiger partial charge in [-0.25, -0.2) is 4.39 Å². The van der Waals surface area contributed by atoms with E-state index >= 15 is 0 Å². The zero-order valence-electron chi connectivity index (χ0n) is 9.15. The minimum atomic E-state index is -0.418. The van der Waals surface area contributed by atoms with Gasteiger partial charge < -0.3 is 10.4 Å². The Balaban J connectivity index is 2.19. The lowest BCUT2D eigenvalue weighted by atomic mass is 10.2. The molecule has 0 aliphatic carbocycles. The Hall–Kier alpha value is -1.63. The quantitative estimate of drug-likeness (QED) is 0.810. The van der Waals surface area contributed by atoms with Crippen LogP contribution in [-0.4, -0.2) is 11.0 Å². The van der Waals surface area contributed by atoms with E-state index in [1.165, 1.54) is 24.3 Å². The van der Waals surface area contributed by atoms with Gasteiger partial charge in [0, 0.05) is 11.3 Å². The van der Waals surface area contributed by atoms with Crippen LogP contribution in [0.15, 0.2) is 42.5 Å². The number of benzene rings is 2. The second-order valence-electron chi connectivity index (χ2n) is 3.63. The van der Waals surface area contributed by atoms with Gasteiger partial charge in [0.25, 0.3) is 5.91 Å². The number of hydrogen-bond donors (Lipinski definition) is 2. The topological polar surface area (TPSA) is 49.3 Å². The van der Waals surface area contributed by atoms with E-state index in [-0.39, 0.29) is 5.75 Å². The van der Waals surface area contributed by atoms with Crippen LogP contribution in [0.2, 0.25) is 0 Å². The van der Waals surface area contributed by atoms with Gasteiger partial charge in [-0.3, -0.25) is 4.79 Å². The van der Waals surface area contributed by atoms with Crippen molar-refractivity contribution in [3.05, 3.63) is 57.4 Å². The summed E-state index contributed by atoms with van der Waals surface area (Å²) in [6.07, 6.45) is 0. The molecule has 92 valence electrons. The first-order valence-electron chi connectivity index (χ1n) is 5.12. The lowest BCUT2D eigenvalue weighted by molar-refractivity contribution is 0.102. The summed E-state index contributed by atoms with van der Waals surface area (Å²) in [5.74, 6) is -0.770. The van der Waals surface area contributed by atoms with E-state index in [9.17, 15) is 14.3 Å². The van der Waals surface area contributed by atoms with Crippen LogP contribution in [0.4, 0.5) is 10.1 Å². The van der Waals surface area contributed by atoms with Gasteiger partial charge in [-0.05, 0) is 59.0 Å². The first kappa shape index (κ1) is 12.8. The van der Waals surface area contributed by atoms with Gasteiger partial charge in [-0.2, -0.15) is 0 Å². The van der Waals surface area contributed by atoms with Crippen LogP contribution in [0, 0.1) is 9.39 Å². The zero-order valence-corrected chi connectivity index (χ0v) is 11.3. The third-order valence-corrected chi connectivity index (χ3v) is 3.20. The predicted octanol–water partition coefficient (Wildman–Crippen LogP) is 3.39. The summed E-state index contributed by atoms with van der Waals surface area (Å²) in [5, 5.41) is 12.1. The molecule has 2 N–H and O–H groups in total. The fraction of sp³-hybridized carbons (Fsp3) is 0. The van der Waals surface area contributed by atoms with Crippen LogP contribution < -0.4 is 5.32 Å². The Morgan fingerprint density at radius 1 is 1.22 bits per heavy atom. The highest BCUT2D eigenvalue weighted by atomic mass is 127. The van der Waals surface area contributed by atoms with Gasteiger partial charge >= 0.3 is 0 Å². The Labute approximate surface area is 117 Å². The van der Waals surface area contributed by atoms with E-state index in [0.717, 1.165) is 0 Å². The normalized spacial score (nSPS) is 10.1. The predicted molar refractivity (Wildman–Crippen MR) is 75.2 cm³/mol. The highest BCUT2D eigenvalue weighted by molar-refractivity contribution is 14.1. The number of aromatic hydroxyl groups is 1. The number of amides is 1. The molecule has 0 bridgehead atoms. The molecule has 2 aromatic carbocycles. The second-order valence-corrected chi connectivity index (χ2v) is 4.79. The molecule has 18 heavy (non-hydrogen) atoms. The van der Waals surface area contributed by atoms with E-state index in [1.807, 2.05) is 22.6 Å². The van der Waals surface area contributed by atoms with Gasteiger partial charge in [-0.1, -0.05) is 6.07 Å². The number of carbonyl (C=O) groups excluding carboxylic acids is 1. The highest BCUT2D eigenvalue weighted by Gasteiger charge is 2.08. The minimum Gasteiger partial charge on any atom is -0.507 e.